The van der Waals surface area contributed by atoms with Crippen molar-refractivity contribution in [1.82, 2.24) is 4.98 Å². The zero-order valence-corrected chi connectivity index (χ0v) is 16.2. The number of hydrogen-bond donors (Lipinski definition) is 1. The molecule has 6 heteroatoms. The van der Waals surface area contributed by atoms with Crippen LogP contribution in [0.15, 0.2) is 60.8 Å². The van der Waals surface area contributed by atoms with Crippen molar-refractivity contribution in [2.75, 3.05) is 23.9 Å². The number of rotatable bonds is 4. The lowest BCUT2D eigenvalue weighted by molar-refractivity contribution is 0.0985. The van der Waals surface area contributed by atoms with Crippen molar-refractivity contribution < 1.29 is 9.53 Å². The zero-order valence-electron chi connectivity index (χ0n) is 15.5. The van der Waals surface area contributed by atoms with Crippen LogP contribution in [-0.4, -0.2) is 24.5 Å². The average Bonchev–Trinajstić information content (AvgIpc) is 2.73. The Balaban J connectivity index is 1.61. The quantitative estimate of drug-likeness (QED) is 0.671. The molecule has 1 aliphatic rings. The first-order chi connectivity index (χ1) is 13.7. The van der Waals surface area contributed by atoms with Gasteiger partial charge in [-0.3, -0.25) is 4.79 Å². The molecule has 2 aromatic carbocycles. The molecule has 1 aliphatic heterocycles. The first-order valence-electron chi connectivity index (χ1n) is 9.12. The summed E-state index contributed by atoms with van der Waals surface area (Å²) in [5, 5.41) is 3.77. The van der Waals surface area contributed by atoms with Gasteiger partial charge in [0.25, 0.3) is 5.91 Å². The lowest BCUT2D eigenvalue weighted by Gasteiger charge is -2.29. The summed E-state index contributed by atoms with van der Waals surface area (Å²) in [6.07, 6.45) is 3.58. The molecule has 142 valence electrons. The predicted molar refractivity (Wildman–Crippen MR) is 112 cm³/mol. The number of aromatic nitrogens is 1. The Hall–Kier alpha value is -3.05. The molecule has 5 nitrogen and oxygen atoms in total. The highest BCUT2D eigenvalue weighted by atomic mass is 35.5. The van der Waals surface area contributed by atoms with E-state index in [4.69, 9.17) is 16.3 Å². The molecule has 28 heavy (non-hydrogen) atoms. The third-order valence-corrected chi connectivity index (χ3v) is 5.02. The highest BCUT2D eigenvalue weighted by Gasteiger charge is 2.23. The van der Waals surface area contributed by atoms with Crippen LogP contribution in [0.3, 0.4) is 0 Å². The van der Waals surface area contributed by atoms with Crippen LogP contribution in [0.1, 0.15) is 22.3 Å². The molecule has 0 unspecified atom stereocenters. The van der Waals surface area contributed by atoms with Crippen LogP contribution in [0.4, 0.5) is 17.2 Å². The Kier molecular flexibility index (Phi) is 5.17. The van der Waals surface area contributed by atoms with E-state index in [1.54, 1.807) is 43.6 Å². The number of fused-ring (bicyclic) bond motifs is 1. The Morgan fingerprint density at radius 3 is 2.89 bits per heavy atom. The van der Waals surface area contributed by atoms with Crippen molar-refractivity contribution in [3.8, 4) is 5.75 Å². The smallest absolute Gasteiger partial charge is 0.258 e. The molecule has 1 N–H and O–H groups in total. The fourth-order valence-electron chi connectivity index (χ4n) is 3.45. The van der Waals surface area contributed by atoms with Gasteiger partial charge in [-0.05, 0) is 54.8 Å². The predicted octanol–water partition coefficient (Wildman–Crippen LogP) is 5.08. The summed E-state index contributed by atoms with van der Waals surface area (Å²) in [6, 6.07) is 16.9. The number of para-hydroxylation sites is 1. The van der Waals surface area contributed by atoms with Crippen molar-refractivity contribution in [3.63, 3.8) is 0 Å². The Bertz CT molecular complexity index is 1020. The topological polar surface area (TPSA) is 54.5 Å². The van der Waals surface area contributed by atoms with Crippen LogP contribution in [0.5, 0.6) is 5.75 Å². The van der Waals surface area contributed by atoms with Crippen LogP contribution < -0.4 is 15.0 Å². The number of amides is 1. The standard InChI is InChI=1S/C22H20ClN3O2/c1-28-20-9-8-17(23)14-18(20)25-21-13-16(10-11-24-21)22(27)26-12-4-6-15-5-2-3-7-19(15)26/h2-3,5,7-11,13-14H,4,6,12H2,1H3,(H,24,25). The highest BCUT2D eigenvalue weighted by Crippen LogP contribution is 2.31. The van der Waals surface area contributed by atoms with Gasteiger partial charge in [0.1, 0.15) is 11.6 Å². The summed E-state index contributed by atoms with van der Waals surface area (Å²) in [5.41, 5.74) is 3.46. The van der Waals surface area contributed by atoms with E-state index in [1.165, 1.54) is 5.56 Å². The van der Waals surface area contributed by atoms with E-state index in [1.807, 2.05) is 23.1 Å². The van der Waals surface area contributed by atoms with E-state index in [-0.39, 0.29) is 5.91 Å². The number of carbonyl (C=O) groups is 1. The number of pyridine rings is 1. The number of nitrogens with one attached hydrogen (secondary N) is 1. The van der Waals surface area contributed by atoms with Gasteiger partial charge in [-0.2, -0.15) is 0 Å². The van der Waals surface area contributed by atoms with Gasteiger partial charge in [-0.15, -0.1) is 0 Å². The van der Waals surface area contributed by atoms with Gasteiger partial charge in [0.05, 0.1) is 12.8 Å². The first-order valence-corrected chi connectivity index (χ1v) is 9.50. The van der Waals surface area contributed by atoms with Gasteiger partial charge in [0.15, 0.2) is 0 Å². The Morgan fingerprint density at radius 1 is 1.18 bits per heavy atom. The largest absolute Gasteiger partial charge is 0.495 e. The van der Waals surface area contributed by atoms with E-state index >= 15 is 0 Å². The monoisotopic (exact) mass is 393 g/mol. The molecule has 2 heterocycles. The van der Waals surface area contributed by atoms with E-state index in [0.29, 0.717) is 34.4 Å². The summed E-state index contributed by atoms with van der Waals surface area (Å²) in [5.74, 6) is 1.17. The molecule has 3 aromatic rings. The van der Waals surface area contributed by atoms with Gasteiger partial charge in [-0.1, -0.05) is 29.8 Å². The van der Waals surface area contributed by atoms with E-state index in [9.17, 15) is 4.79 Å². The molecule has 0 aliphatic carbocycles. The number of aryl methyl sites for hydroxylation is 1. The number of anilines is 3. The molecule has 0 fully saturated rings. The number of methoxy groups -OCH3 is 1. The van der Waals surface area contributed by atoms with Crippen LogP contribution in [0, 0.1) is 0 Å². The van der Waals surface area contributed by atoms with E-state index < -0.39 is 0 Å². The second-order valence-electron chi connectivity index (χ2n) is 6.59. The maximum absolute atomic E-state index is 13.2. The average molecular weight is 394 g/mol. The minimum Gasteiger partial charge on any atom is -0.495 e. The number of ether oxygens (including phenoxy) is 1. The number of nitrogens with zero attached hydrogens (tertiary/aromatic N) is 2. The molecule has 0 radical (unpaired) electrons. The summed E-state index contributed by atoms with van der Waals surface area (Å²) >= 11 is 6.09. The van der Waals surface area contributed by atoms with Gasteiger partial charge in [0, 0.05) is 29.0 Å². The number of hydrogen-bond acceptors (Lipinski definition) is 4. The molecule has 0 saturated heterocycles. The van der Waals surface area contributed by atoms with Gasteiger partial charge >= 0.3 is 0 Å². The second kappa shape index (κ2) is 7.90. The first kappa shape index (κ1) is 18.3. The SMILES string of the molecule is COc1ccc(Cl)cc1Nc1cc(C(=O)N2CCCc3ccccc32)ccn1. The normalized spacial score (nSPS) is 13.0. The van der Waals surface area contributed by atoms with Crippen LogP contribution in [-0.2, 0) is 6.42 Å². The van der Waals surface area contributed by atoms with Crippen molar-refractivity contribution in [3.05, 3.63) is 76.9 Å². The van der Waals surface area contributed by atoms with Gasteiger partial charge < -0.3 is 15.0 Å². The molecule has 0 spiro atoms. The van der Waals surface area contributed by atoms with Gasteiger partial charge in [0.2, 0.25) is 0 Å². The van der Waals surface area contributed by atoms with Crippen molar-refractivity contribution in [2.45, 2.75) is 12.8 Å². The Labute approximate surface area is 168 Å². The fraction of sp³-hybridized carbons (Fsp3) is 0.182. The summed E-state index contributed by atoms with van der Waals surface area (Å²) in [4.78, 5) is 19.3. The van der Waals surface area contributed by atoms with E-state index in [0.717, 1.165) is 18.5 Å². The minimum atomic E-state index is -0.0318. The maximum Gasteiger partial charge on any atom is 0.258 e. The fourth-order valence-corrected chi connectivity index (χ4v) is 3.62. The molecular formula is C22H20ClN3O2. The van der Waals surface area contributed by atoms with Crippen molar-refractivity contribution in [2.24, 2.45) is 0 Å². The second-order valence-corrected chi connectivity index (χ2v) is 7.02. The van der Waals surface area contributed by atoms with E-state index in [2.05, 4.69) is 16.4 Å². The summed E-state index contributed by atoms with van der Waals surface area (Å²) in [7, 11) is 1.59. The summed E-state index contributed by atoms with van der Waals surface area (Å²) < 4.78 is 5.36. The zero-order chi connectivity index (χ0) is 19.5. The number of benzene rings is 2. The van der Waals surface area contributed by atoms with Crippen LogP contribution in [0.25, 0.3) is 0 Å². The van der Waals surface area contributed by atoms with Crippen LogP contribution >= 0.6 is 11.6 Å². The third kappa shape index (κ3) is 3.66. The molecule has 0 saturated carbocycles. The maximum atomic E-state index is 13.2. The molecule has 4 rings (SSSR count). The Morgan fingerprint density at radius 2 is 2.04 bits per heavy atom. The van der Waals surface area contributed by atoms with Gasteiger partial charge in [-0.25, -0.2) is 4.98 Å². The molecule has 0 atom stereocenters. The summed E-state index contributed by atoms with van der Waals surface area (Å²) in [6.45, 7) is 0.711. The number of halogens is 1. The third-order valence-electron chi connectivity index (χ3n) is 4.79. The minimum absolute atomic E-state index is 0.0318. The van der Waals surface area contributed by atoms with Crippen molar-refractivity contribution >= 4 is 34.7 Å². The highest BCUT2D eigenvalue weighted by molar-refractivity contribution is 6.31. The molecule has 1 aromatic heterocycles. The molecule has 1 amide bonds. The van der Waals surface area contributed by atoms with Crippen LogP contribution in [0.2, 0.25) is 5.02 Å². The number of carbonyl (C=O) groups excluding carboxylic acids is 1. The van der Waals surface area contributed by atoms with Crippen molar-refractivity contribution in [1.29, 1.82) is 0 Å². The lowest BCUT2D eigenvalue weighted by atomic mass is 10.0. The molecular weight excluding hydrogens is 374 g/mol. The molecule has 0 bridgehead atoms. The lowest BCUT2D eigenvalue weighted by Crippen LogP contribution is -2.35.